The van der Waals surface area contributed by atoms with E-state index in [1.54, 1.807) is 19.1 Å². The molecule has 0 amide bonds. The SMILES string of the molecule is C[C@@H](N)c1ccc(Oc2cc(Br)cc(F)c2F)cn1. The standard InChI is InChI=1S/C13H11BrF2N2O/c1-7(17)11-3-2-9(6-18-11)19-12-5-8(14)4-10(15)13(12)16/h2-7H,17H2,1H3/t7-/m1/s1. The molecule has 0 unspecified atom stereocenters. The van der Waals surface area contributed by atoms with Crippen molar-refractivity contribution in [3.05, 3.63) is 52.3 Å². The first-order valence-corrected chi connectivity index (χ1v) is 6.30. The van der Waals surface area contributed by atoms with Gasteiger partial charge >= 0.3 is 0 Å². The van der Waals surface area contributed by atoms with Crippen LogP contribution in [0.25, 0.3) is 0 Å². The van der Waals surface area contributed by atoms with Gasteiger partial charge in [0, 0.05) is 10.5 Å². The molecule has 0 spiro atoms. The predicted molar refractivity (Wildman–Crippen MR) is 71.0 cm³/mol. The van der Waals surface area contributed by atoms with Crippen molar-refractivity contribution in [1.82, 2.24) is 4.98 Å². The van der Waals surface area contributed by atoms with Gasteiger partial charge < -0.3 is 10.5 Å². The minimum atomic E-state index is -1.04. The van der Waals surface area contributed by atoms with Gasteiger partial charge in [-0.2, -0.15) is 4.39 Å². The summed E-state index contributed by atoms with van der Waals surface area (Å²) in [4.78, 5) is 4.07. The molecule has 0 aliphatic heterocycles. The van der Waals surface area contributed by atoms with Crippen LogP contribution >= 0.6 is 15.9 Å². The highest BCUT2D eigenvalue weighted by molar-refractivity contribution is 9.10. The van der Waals surface area contributed by atoms with Gasteiger partial charge in [-0.1, -0.05) is 15.9 Å². The zero-order valence-electron chi connectivity index (χ0n) is 10.0. The predicted octanol–water partition coefficient (Wildman–Crippen LogP) is 3.93. The number of hydrogen-bond donors (Lipinski definition) is 1. The van der Waals surface area contributed by atoms with E-state index in [4.69, 9.17) is 10.5 Å². The van der Waals surface area contributed by atoms with E-state index >= 15 is 0 Å². The second-order valence-electron chi connectivity index (χ2n) is 4.01. The smallest absolute Gasteiger partial charge is 0.201 e. The number of rotatable bonds is 3. The molecule has 0 saturated carbocycles. The van der Waals surface area contributed by atoms with E-state index in [9.17, 15) is 8.78 Å². The Bertz CT molecular complexity index is 588. The molecule has 2 N–H and O–H groups in total. The molecular formula is C13H11BrF2N2O. The van der Waals surface area contributed by atoms with Crippen LogP contribution in [0.15, 0.2) is 34.9 Å². The van der Waals surface area contributed by atoms with Crippen LogP contribution in [0.3, 0.4) is 0 Å². The molecule has 3 nitrogen and oxygen atoms in total. The van der Waals surface area contributed by atoms with Crippen LogP contribution in [-0.4, -0.2) is 4.98 Å². The van der Waals surface area contributed by atoms with E-state index < -0.39 is 11.6 Å². The van der Waals surface area contributed by atoms with Crippen LogP contribution < -0.4 is 10.5 Å². The largest absolute Gasteiger partial charge is 0.453 e. The fourth-order valence-electron chi connectivity index (χ4n) is 1.46. The maximum atomic E-state index is 13.5. The molecule has 1 aromatic heterocycles. The summed E-state index contributed by atoms with van der Waals surface area (Å²) in [6.45, 7) is 1.80. The fraction of sp³-hybridized carbons (Fsp3) is 0.154. The number of hydrogen-bond acceptors (Lipinski definition) is 3. The van der Waals surface area contributed by atoms with Gasteiger partial charge in [0.05, 0.1) is 11.9 Å². The van der Waals surface area contributed by atoms with Crippen molar-refractivity contribution >= 4 is 15.9 Å². The zero-order chi connectivity index (χ0) is 14.0. The Hall–Kier alpha value is -1.53. The summed E-state index contributed by atoms with van der Waals surface area (Å²) in [5.41, 5.74) is 6.35. The molecule has 1 atom stereocenters. The summed E-state index contributed by atoms with van der Waals surface area (Å²) in [5.74, 6) is -1.92. The lowest BCUT2D eigenvalue weighted by atomic mass is 10.2. The number of benzene rings is 1. The van der Waals surface area contributed by atoms with Gasteiger partial charge in [-0.05, 0) is 31.2 Å². The Morgan fingerprint density at radius 1 is 1.32 bits per heavy atom. The first-order valence-electron chi connectivity index (χ1n) is 5.51. The summed E-state index contributed by atoms with van der Waals surface area (Å²) in [7, 11) is 0. The average Bonchev–Trinajstić information content (AvgIpc) is 2.36. The maximum absolute atomic E-state index is 13.5. The molecule has 19 heavy (non-hydrogen) atoms. The highest BCUT2D eigenvalue weighted by Crippen LogP contribution is 2.29. The van der Waals surface area contributed by atoms with Crippen molar-refractivity contribution in [2.24, 2.45) is 5.73 Å². The molecule has 0 aliphatic carbocycles. The van der Waals surface area contributed by atoms with Crippen LogP contribution in [0.4, 0.5) is 8.78 Å². The first kappa shape index (κ1) is 13.9. The second-order valence-corrected chi connectivity index (χ2v) is 4.92. The van der Waals surface area contributed by atoms with Gasteiger partial charge in [0.1, 0.15) is 5.75 Å². The van der Waals surface area contributed by atoms with Crippen LogP contribution in [0.1, 0.15) is 18.7 Å². The van der Waals surface area contributed by atoms with Crippen molar-refractivity contribution in [3.63, 3.8) is 0 Å². The van der Waals surface area contributed by atoms with Crippen LogP contribution in [0.5, 0.6) is 11.5 Å². The lowest BCUT2D eigenvalue weighted by Gasteiger charge is -2.09. The Balaban J connectivity index is 2.26. The summed E-state index contributed by atoms with van der Waals surface area (Å²) in [5, 5.41) is 0. The molecule has 0 bridgehead atoms. The molecule has 6 heteroatoms. The van der Waals surface area contributed by atoms with Crippen molar-refractivity contribution in [2.75, 3.05) is 0 Å². The molecule has 1 heterocycles. The first-order chi connectivity index (χ1) is 8.97. The monoisotopic (exact) mass is 328 g/mol. The van der Waals surface area contributed by atoms with E-state index in [1.807, 2.05) is 0 Å². The van der Waals surface area contributed by atoms with Gasteiger partial charge in [-0.15, -0.1) is 0 Å². The Morgan fingerprint density at radius 2 is 2.05 bits per heavy atom. The molecule has 1 aromatic carbocycles. The molecule has 0 radical (unpaired) electrons. The topological polar surface area (TPSA) is 48.1 Å². The third kappa shape index (κ3) is 3.27. The van der Waals surface area contributed by atoms with E-state index in [0.29, 0.717) is 15.9 Å². The van der Waals surface area contributed by atoms with Gasteiger partial charge in [0.2, 0.25) is 5.82 Å². The van der Waals surface area contributed by atoms with E-state index in [2.05, 4.69) is 20.9 Å². The molecule has 0 saturated heterocycles. The van der Waals surface area contributed by atoms with Gasteiger partial charge in [0.15, 0.2) is 11.6 Å². The molecule has 0 fully saturated rings. The van der Waals surface area contributed by atoms with Crippen molar-refractivity contribution in [3.8, 4) is 11.5 Å². The van der Waals surface area contributed by atoms with Crippen molar-refractivity contribution in [1.29, 1.82) is 0 Å². The van der Waals surface area contributed by atoms with E-state index in [-0.39, 0.29) is 11.8 Å². The fourth-order valence-corrected chi connectivity index (χ4v) is 1.86. The molecule has 2 rings (SSSR count). The van der Waals surface area contributed by atoms with Crippen molar-refractivity contribution < 1.29 is 13.5 Å². The lowest BCUT2D eigenvalue weighted by molar-refractivity contribution is 0.414. The molecular weight excluding hydrogens is 318 g/mol. The van der Waals surface area contributed by atoms with Crippen molar-refractivity contribution in [2.45, 2.75) is 13.0 Å². The van der Waals surface area contributed by atoms with Crippen LogP contribution in [0.2, 0.25) is 0 Å². The zero-order valence-corrected chi connectivity index (χ0v) is 11.6. The second kappa shape index (κ2) is 5.63. The third-order valence-corrected chi connectivity index (χ3v) is 2.87. The number of ether oxygens (including phenoxy) is 1. The summed E-state index contributed by atoms with van der Waals surface area (Å²) < 4.78 is 32.4. The Kier molecular flexibility index (Phi) is 4.11. The Labute approximate surface area is 117 Å². The molecule has 0 aliphatic rings. The normalized spacial score (nSPS) is 12.3. The van der Waals surface area contributed by atoms with Gasteiger partial charge in [0.25, 0.3) is 0 Å². The minimum absolute atomic E-state index is 0.200. The Morgan fingerprint density at radius 3 is 2.63 bits per heavy atom. The third-order valence-electron chi connectivity index (χ3n) is 2.41. The average molecular weight is 329 g/mol. The summed E-state index contributed by atoms with van der Waals surface area (Å²) in [6.07, 6.45) is 1.41. The molecule has 2 aromatic rings. The highest BCUT2D eigenvalue weighted by Gasteiger charge is 2.12. The number of nitrogens with two attached hydrogens (primary N) is 1. The van der Waals surface area contributed by atoms with Gasteiger partial charge in [-0.3, -0.25) is 4.98 Å². The van der Waals surface area contributed by atoms with E-state index in [1.165, 1.54) is 12.3 Å². The number of pyridine rings is 1. The number of nitrogens with zero attached hydrogens (tertiary/aromatic N) is 1. The van der Waals surface area contributed by atoms with Crippen LogP contribution in [0, 0.1) is 11.6 Å². The minimum Gasteiger partial charge on any atom is -0.453 e. The highest BCUT2D eigenvalue weighted by atomic mass is 79.9. The number of halogens is 3. The molecule has 100 valence electrons. The van der Waals surface area contributed by atoms with E-state index in [0.717, 1.165) is 6.07 Å². The summed E-state index contributed by atoms with van der Waals surface area (Å²) >= 11 is 3.07. The number of aromatic nitrogens is 1. The maximum Gasteiger partial charge on any atom is 0.201 e. The lowest BCUT2D eigenvalue weighted by Crippen LogP contribution is -2.06. The quantitative estimate of drug-likeness (QED) is 0.868. The van der Waals surface area contributed by atoms with Crippen LogP contribution in [-0.2, 0) is 0 Å². The summed E-state index contributed by atoms with van der Waals surface area (Å²) in [6, 6.07) is 5.45. The van der Waals surface area contributed by atoms with Gasteiger partial charge in [-0.25, -0.2) is 4.39 Å².